The van der Waals surface area contributed by atoms with Gasteiger partial charge in [-0.25, -0.2) is 0 Å². The Balaban J connectivity index is 1.89. The highest BCUT2D eigenvalue weighted by Gasteiger charge is 2.51. The second kappa shape index (κ2) is 4.95. The molecule has 0 fully saturated rings. The average molecular weight is 322 g/mol. The Hall–Kier alpha value is -2.59. The molecule has 24 heavy (non-hydrogen) atoms. The number of carbonyl (C=O) groups is 1. The lowest BCUT2D eigenvalue weighted by atomic mass is 9.92. The van der Waals surface area contributed by atoms with Crippen molar-refractivity contribution in [1.29, 1.82) is 0 Å². The Labute approximate surface area is 140 Å². The third-order valence-corrected chi connectivity index (χ3v) is 4.58. The van der Waals surface area contributed by atoms with Crippen LogP contribution in [0.5, 0.6) is 11.5 Å². The van der Waals surface area contributed by atoms with Crippen LogP contribution < -0.4 is 9.47 Å². The number of benzene rings is 2. The molecule has 2 aliphatic rings. The van der Waals surface area contributed by atoms with Gasteiger partial charge in [-0.2, -0.15) is 0 Å². The van der Waals surface area contributed by atoms with Gasteiger partial charge in [-0.15, -0.1) is 0 Å². The van der Waals surface area contributed by atoms with Gasteiger partial charge in [-0.1, -0.05) is 24.3 Å². The molecule has 0 saturated carbocycles. The van der Waals surface area contributed by atoms with Gasteiger partial charge in [-0.3, -0.25) is 4.79 Å². The number of hydrogen-bond acceptors (Lipinski definition) is 4. The highest BCUT2D eigenvalue weighted by atomic mass is 16.7. The average Bonchev–Trinajstić information content (AvgIpc) is 2.81. The fraction of sp³-hybridized carbons (Fsp3) is 0.250. The topological polar surface area (TPSA) is 44.8 Å². The maximum Gasteiger partial charge on any atom is 0.258 e. The highest BCUT2D eigenvalue weighted by molar-refractivity contribution is 5.84. The van der Waals surface area contributed by atoms with Crippen molar-refractivity contribution in [3.05, 3.63) is 64.7 Å². The molecule has 0 saturated heterocycles. The maximum atomic E-state index is 11.5. The van der Waals surface area contributed by atoms with E-state index in [9.17, 15) is 4.79 Å². The van der Waals surface area contributed by atoms with Crippen molar-refractivity contribution < 1.29 is 19.0 Å². The summed E-state index contributed by atoms with van der Waals surface area (Å²) >= 11 is 0. The van der Waals surface area contributed by atoms with E-state index in [1.54, 1.807) is 13.2 Å². The third-order valence-electron chi connectivity index (χ3n) is 4.58. The molecule has 1 atom stereocenters. The number of carbonyl (C=O) groups excluding carboxylic acids is 1. The molecule has 0 bridgehead atoms. The molecule has 0 aliphatic carbocycles. The zero-order valence-electron chi connectivity index (χ0n) is 13.8. The van der Waals surface area contributed by atoms with Crippen LogP contribution in [0.1, 0.15) is 40.9 Å². The predicted molar refractivity (Wildman–Crippen MR) is 90.3 cm³/mol. The van der Waals surface area contributed by atoms with E-state index in [-0.39, 0.29) is 0 Å². The van der Waals surface area contributed by atoms with E-state index in [1.807, 2.05) is 56.3 Å². The molecule has 1 spiro atoms. The van der Waals surface area contributed by atoms with Crippen molar-refractivity contribution in [1.82, 2.24) is 0 Å². The Morgan fingerprint density at radius 2 is 1.88 bits per heavy atom. The molecule has 2 heterocycles. The van der Waals surface area contributed by atoms with Crippen LogP contribution in [-0.2, 0) is 16.1 Å². The first-order valence-corrected chi connectivity index (χ1v) is 7.85. The van der Waals surface area contributed by atoms with Crippen molar-refractivity contribution >= 4 is 12.4 Å². The van der Waals surface area contributed by atoms with Gasteiger partial charge >= 0.3 is 0 Å². The SMILES string of the molecule is COc1cc(C=O)c2c(c1)C=CC1(O2)OC(C)(C)c2ccccc21. The molecular weight excluding hydrogens is 304 g/mol. The lowest BCUT2D eigenvalue weighted by Crippen LogP contribution is -2.35. The summed E-state index contributed by atoms with van der Waals surface area (Å²) in [6.45, 7) is 4.03. The molecule has 0 aromatic heterocycles. The summed E-state index contributed by atoms with van der Waals surface area (Å²) in [4.78, 5) is 11.5. The smallest absolute Gasteiger partial charge is 0.258 e. The van der Waals surface area contributed by atoms with Crippen molar-refractivity contribution in [2.24, 2.45) is 0 Å². The fourth-order valence-electron chi connectivity index (χ4n) is 3.48. The zero-order valence-corrected chi connectivity index (χ0v) is 13.8. The summed E-state index contributed by atoms with van der Waals surface area (Å²) in [5, 5.41) is 0. The molecule has 0 radical (unpaired) electrons. The van der Waals surface area contributed by atoms with Gasteiger partial charge in [-0.05, 0) is 43.7 Å². The van der Waals surface area contributed by atoms with Gasteiger partial charge in [0.05, 0.1) is 18.3 Å². The van der Waals surface area contributed by atoms with Crippen LogP contribution in [-0.4, -0.2) is 13.4 Å². The minimum atomic E-state index is -1.01. The fourth-order valence-corrected chi connectivity index (χ4v) is 3.48. The van der Waals surface area contributed by atoms with Crippen LogP contribution in [0.3, 0.4) is 0 Å². The summed E-state index contributed by atoms with van der Waals surface area (Å²) in [7, 11) is 1.57. The number of fused-ring (bicyclic) bond motifs is 3. The number of methoxy groups -OCH3 is 1. The van der Waals surface area contributed by atoms with E-state index < -0.39 is 11.4 Å². The number of aldehydes is 1. The van der Waals surface area contributed by atoms with Crippen molar-refractivity contribution in [3.8, 4) is 11.5 Å². The van der Waals surface area contributed by atoms with Gasteiger partial charge in [0, 0.05) is 11.1 Å². The second-order valence-corrected chi connectivity index (χ2v) is 6.51. The number of hydrogen-bond donors (Lipinski definition) is 0. The van der Waals surface area contributed by atoms with Crippen LogP contribution in [0.4, 0.5) is 0 Å². The Bertz CT molecular complexity index is 866. The second-order valence-electron chi connectivity index (χ2n) is 6.51. The quantitative estimate of drug-likeness (QED) is 0.783. The van der Waals surface area contributed by atoms with Gasteiger partial charge in [0.15, 0.2) is 6.29 Å². The first kappa shape index (κ1) is 15.0. The van der Waals surface area contributed by atoms with Crippen LogP contribution in [0.2, 0.25) is 0 Å². The third kappa shape index (κ3) is 2.00. The van der Waals surface area contributed by atoms with E-state index in [4.69, 9.17) is 14.2 Å². The minimum absolute atomic E-state index is 0.443. The molecule has 0 amide bonds. The molecule has 2 aromatic carbocycles. The van der Waals surface area contributed by atoms with Crippen LogP contribution in [0, 0.1) is 0 Å². The van der Waals surface area contributed by atoms with Crippen LogP contribution in [0.25, 0.3) is 6.08 Å². The Morgan fingerprint density at radius 1 is 1.12 bits per heavy atom. The zero-order chi connectivity index (χ0) is 16.9. The predicted octanol–water partition coefficient (Wildman–Crippen LogP) is 4.03. The maximum absolute atomic E-state index is 11.5. The normalized spacial score (nSPS) is 22.6. The highest BCUT2D eigenvalue weighted by Crippen LogP contribution is 2.51. The lowest BCUT2D eigenvalue weighted by Gasteiger charge is -2.34. The van der Waals surface area contributed by atoms with E-state index in [2.05, 4.69) is 0 Å². The summed E-state index contributed by atoms with van der Waals surface area (Å²) < 4.78 is 17.8. The van der Waals surface area contributed by atoms with E-state index in [1.165, 1.54) is 0 Å². The molecular formula is C20H18O4. The Morgan fingerprint density at radius 3 is 2.58 bits per heavy atom. The largest absolute Gasteiger partial charge is 0.497 e. The van der Waals surface area contributed by atoms with Crippen LogP contribution >= 0.6 is 0 Å². The van der Waals surface area contributed by atoms with Crippen molar-refractivity contribution in [2.45, 2.75) is 25.2 Å². The van der Waals surface area contributed by atoms with Gasteiger partial charge in [0.1, 0.15) is 11.5 Å². The summed E-state index contributed by atoms with van der Waals surface area (Å²) in [6.07, 6.45) is 4.60. The molecule has 4 heteroatoms. The van der Waals surface area contributed by atoms with Crippen molar-refractivity contribution in [2.75, 3.05) is 7.11 Å². The molecule has 4 rings (SSSR count). The molecule has 2 aromatic rings. The first-order valence-electron chi connectivity index (χ1n) is 7.85. The lowest BCUT2D eigenvalue weighted by molar-refractivity contribution is -0.202. The molecule has 0 N–H and O–H groups in total. The van der Waals surface area contributed by atoms with E-state index >= 15 is 0 Å². The molecule has 2 aliphatic heterocycles. The van der Waals surface area contributed by atoms with E-state index in [0.29, 0.717) is 17.1 Å². The number of rotatable bonds is 2. The number of ether oxygens (including phenoxy) is 3. The van der Waals surface area contributed by atoms with Gasteiger partial charge in [0.2, 0.25) is 0 Å². The first-order chi connectivity index (χ1) is 11.5. The monoisotopic (exact) mass is 322 g/mol. The summed E-state index contributed by atoms with van der Waals surface area (Å²) in [5.41, 5.74) is 2.81. The summed E-state index contributed by atoms with van der Waals surface area (Å²) in [5.74, 6) is 0.119. The molecule has 4 nitrogen and oxygen atoms in total. The van der Waals surface area contributed by atoms with Gasteiger partial charge in [0.25, 0.3) is 5.79 Å². The van der Waals surface area contributed by atoms with Crippen molar-refractivity contribution in [3.63, 3.8) is 0 Å². The Kier molecular flexibility index (Phi) is 3.09. The molecule has 1 unspecified atom stereocenters. The summed E-state index contributed by atoms with van der Waals surface area (Å²) in [6, 6.07) is 11.5. The molecule has 122 valence electrons. The van der Waals surface area contributed by atoms with Gasteiger partial charge < -0.3 is 14.2 Å². The standard InChI is InChI=1S/C20H18O4/c1-19(2)16-6-4-5-7-17(16)20(24-19)9-8-13-10-15(22-3)11-14(12-21)18(13)23-20/h4-12H,1-3H3. The minimum Gasteiger partial charge on any atom is -0.497 e. The van der Waals surface area contributed by atoms with E-state index in [0.717, 1.165) is 23.0 Å². The van der Waals surface area contributed by atoms with Crippen LogP contribution in [0.15, 0.2) is 42.5 Å².